The van der Waals surface area contributed by atoms with Crippen LogP contribution in [0, 0.1) is 0 Å². The third-order valence-electron chi connectivity index (χ3n) is 3.18. The minimum atomic E-state index is 0.612. The molecule has 0 saturated heterocycles. The van der Waals surface area contributed by atoms with Crippen LogP contribution in [0.4, 0.5) is 0 Å². The van der Waals surface area contributed by atoms with E-state index >= 15 is 0 Å². The summed E-state index contributed by atoms with van der Waals surface area (Å²) in [5.74, 6) is 1.82. The summed E-state index contributed by atoms with van der Waals surface area (Å²) in [5, 5.41) is 3.50. The van der Waals surface area contributed by atoms with Crippen LogP contribution in [0.25, 0.3) is 0 Å². The lowest BCUT2D eigenvalue weighted by Gasteiger charge is -2.13. The van der Waals surface area contributed by atoms with Crippen LogP contribution in [0.5, 0.6) is 11.5 Å². The van der Waals surface area contributed by atoms with Gasteiger partial charge in [0.25, 0.3) is 0 Å². The van der Waals surface area contributed by atoms with Crippen molar-refractivity contribution in [3.05, 3.63) is 24.3 Å². The van der Waals surface area contributed by atoms with Gasteiger partial charge in [-0.1, -0.05) is 6.92 Å². The van der Waals surface area contributed by atoms with Crippen molar-refractivity contribution in [1.29, 1.82) is 0 Å². The molecule has 1 rings (SSSR count). The van der Waals surface area contributed by atoms with E-state index in [1.807, 2.05) is 31.2 Å². The molecular weight excluding hydrogens is 250 g/mol. The van der Waals surface area contributed by atoms with Gasteiger partial charge in [-0.2, -0.15) is 0 Å². The van der Waals surface area contributed by atoms with E-state index in [-0.39, 0.29) is 0 Å². The zero-order chi connectivity index (χ0) is 14.6. The zero-order valence-corrected chi connectivity index (χ0v) is 13.2. The van der Waals surface area contributed by atoms with Crippen molar-refractivity contribution in [3.8, 4) is 11.5 Å². The zero-order valence-electron chi connectivity index (χ0n) is 13.2. The van der Waals surface area contributed by atoms with Crippen molar-refractivity contribution in [1.82, 2.24) is 5.32 Å². The standard InChI is InChI=1S/C17H29NO2/c1-4-13-18-15(3)8-6-7-14-20-17-11-9-16(10-12-17)19-5-2/h9-12,15,18H,4-8,13-14H2,1-3H3. The van der Waals surface area contributed by atoms with Crippen molar-refractivity contribution in [2.75, 3.05) is 19.8 Å². The molecule has 0 heterocycles. The molecule has 20 heavy (non-hydrogen) atoms. The highest BCUT2D eigenvalue weighted by Crippen LogP contribution is 2.17. The minimum absolute atomic E-state index is 0.612. The molecule has 1 N–H and O–H groups in total. The third kappa shape index (κ3) is 7.39. The van der Waals surface area contributed by atoms with E-state index in [0.29, 0.717) is 12.6 Å². The van der Waals surface area contributed by atoms with E-state index < -0.39 is 0 Å². The molecule has 0 saturated carbocycles. The highest BCUT2D eigenvalue weighted by Gasteiger charge is 2.00. The Labute approximate surface area is 123 Å². The summed E-state index contributed by atoms with van der Waals surface area (Å²) in [7, 11) is 0. The lowest BCUT2D eigenvalue weighted by atomic mass is 10.1. The van der Waals surface area contributed by atoms with E-state index in [4.69, 9.17) is 9.47 Å². The number of benzene rings is 1. The number of unbranched alkanes of at least 4 members (excludes halogenated alkanes) is 1. The summed E-state index contributed by atoms with van der Waals surface area (Å²) in [4.78, 5) is 0. The predicted octanol–water partition coefficient (Wildman–Crippen LogP) is 4.02. The van der Waals surface area contributed by atoms with Gasteiger partial charge in [0, 0.05) is 6.04 Å². The van der Waals surface area contributed by atoms with Gasteiger partial charge in [-0.05, 0) is 70.3 Å². The SMILES string of the molecule is CCCNC(C)CCCCOc1ccc(OCC)cc1. The maximum absolute atomic E-state index is 5.73. The van der Waals surface area contributed by atoms with E-state index in [1.54, 1.807) is 0 Å². The number of rotatable bonds is 11. The summed E-state index contributed by atoms with van der Waals surface area (Å²) in [6, 6.07) is 8.46. The average molecular weight is 279 g/mol. The van der Waals surface area contributed by atoms with Crippen LogP contribution in [-0.2, 0) is 0 Å². The Morgan fingerprint density at radius 2 is 1.65 bits per heavy atom. The van der Waals surface area contributed by atoms with Crippen LogP contribution in [0.2, 0.25) is 0 Å². The Kier molecular flexibility index (Phi) is 8.88. The normalized spacial score (nSPS) is 12.2. The Bertz CT molecular complexity index is 337. The van der Waals surface area contributed by atoms with Crippen LogP contribution in [-0.4, -0.2) is 25.8 Å². The molecule has 0 aliphatic heterocycles. The molecule has 0 aliphatic carbocycles. The minimum Gasteiger partial charge on any atom is -0.494 e. The summed E-state index contributed by atoms with van der Waals surface area (Å²) < 4.78 is 11.1. The van der Waals surface area contributed by atoms with Gasteiger partial charge < -0.3 is 14.8 Å². The second-order valence-electron chi connectivity index (χ2n) is 5.10. The van der Waals surface area contributed by atoms with Gasteiger partial charge >= 0.3 is 0 Å². The molecule has 3 heteroatoms. The molecule has 0 fully saturated rings. The van der Waals surface area contributed by atoms with Crippen LogP contribution in [0.3, 0.4) is 0 Å². The Balaban J connectivity index is 2.08. The lowest BCUT2D eigenvalue weighted by molar-refractivity contribution is 0.300. The highest BCUT2D eigenvalue weighted by molar-refractivity contribution is 5.31. The van der Waals surface area contributed by atoms with Crippen molar-refractivity contribution < 1.29 is 9.47 Å². The monoisotopic (exact) mass is 279 g/mol. The summed E-state index contributed by atoms with van der Waals surface area (Å²) >= 11 is 0. The van der Waals surface area contributed by atoms with E-state index in [2.05, 4.69) is 19.2 Å². The Morgan fingerprint density at radius 3 is 2.25 bits per heavy atom. The second-order valence-corrected chi connectivity index (χ2v) is 5.10. The van der Waals surface area contributed by atoms with Crippen molar-refractivity contribution in [2.45, 2.75) is 52.5 Å². The molecule has 1 unspecified atom stereocenters. The van der Waals surface area contributed by atoms with Crippen molar-refractivity contribution >= 4 is 0 Å². The van der Waals surface area contributed by atoms with E-state index in [1.165, 1.54) is 19.3 Å². The van der Waals surface area contributed by atoms with Crippen molar-refractivity contribution in [3.63, 3.8) is 0 Å². The molecule has 3 nitrogen and oxygen atoms in total. The van der Waals surface area contributed by atoms with Gasteiger partial charge in [-0.25, -0.2) is 0 Å². The van der Waals surface area contributed by atoms with Crippen molar-refractivity contribution in [2.24, 2.45) is 0 Å². The first kappa shape index (κ1) is 16.8. The quantitative estimate of drug-likeness (QED) is 0.621. The molecule has 1 aromatic carbocycles. The highest BCUT2D eigenvalue weighted by atomic mass is 16.5. The number of hydrogen-bond acceptors (Lipinski definition) is 3. The molecule has 0 bridgehead atoms. The summed E-state index contributed by atoms with van der Waals surface area (Å²) in [6.07, 6.45) is 4.72. The topological polar surface area (TPSA) is 30.5 Å². The molecule has 1 aromatic rings. The first-order valence-electron chi connectivity index (χ1n) is 7.85. The van der Waals surface area contributed by atoms with Gasteiger partial charge in [0.1, 0.15) is 11.5 Å². The summed E-state index contributed by atoms with van der Waals surface area (Å²) in [5.41, 5.74) is 0. The van der Waals surface area contributed by atoms with Gasteiger partial charge in [-0.15, -0.1) is 0 Å². The molecule has 0 radical (unpaired) electrons. The predicted molar refractivity (Wildman–Crippen MR) is 84.7 cm³/mol. The Morgan fingerprint density at radius 1 is 1.00 bits per heavy atom. The van der Waals surface area contributed by atoms with Crippen LogP contribution >= 0.6 is 0 Å². The first-order chi connectivity index (χ1) is 9.76. The van der Waals surface area contributed by atoms with Gasteiger partial charge in [-0.3, -0.25) is 0 Å². The summed E-state index contributed by atoms with van der Waals surface area (Å²) in [6.45, 7) is 9.04. The molecule has 1 atom stereocenters. The van der Waals surface area contributed by atoms with Crippen LogP contribution in [0.1, 0.15) is 46.5 Å². The fourth-order valence-corrected chi connectivity index (χ4v) is 2.03. The molecule has 0 aromatic heterocycles. The molecule has 114 valence electrons. The molecular formula is C17H29NO2. The van der Waals surface area contributed by atoms with Gasteiger partial charge in [0.05, 0.1) is 13.2 Å². The fraction of sp³-hybridized carbons (Fsp3) is 0.647. The van der Waals surface area contributed by atoms with Gasteiger partial charge in [0.2, 0.25) is 0 Å². The lowest BCUT2D eigenvalue weighted by Crippen LogP contribution is -2.26. The number of ether oxygens (including phenoxy) is 2. The number of hydrogen-bond donors (Lipinski definition) is 1. The second kappa shape index (κ2) is 10.6. The van der Waals surface area contributed by atoms with Gasteiger partial charge in [0.15, 0.2) is 0 Å². The maximum atomic E-state index is 5.73. The molecule has 0 amide bonds. The number of nitrogens with one attached hydrogen (secondary N) is 1. The largest absolute Gasteiger partial charge is 0.494 e. The molecule has 0 spiro atoms. The van der Waals surface area contributed by atoms with Crippen LogP contribution < -0.4 is 14.8 Å². The smallest absolute Gasteiger partial charge is 0.119 e. The van der Waals surface area contributed by atoms with Crippen LogP contribution in [0.15, 0.2) is 24.3 Å². The Hall–Kier alpha value is -1.22. The van der Waals surface area contributed by atoms with E-state index in [0.717, 1.165) is 31.1 Å². The fourth-order valence-electron chi connectivity index (χ4n) is 2.03. The average Bonchev–Trinajstić information content (AvgIpc) is 2.47. The molecule has 0 aliphatic rings. The first-order valence-corrected chi connectivity index (χ1v) is 7.85. The maximum Gasteiger partial charge on any atom is 0.119 e. The van der Waals surface area contributed by atoms with E-state index in [9.17, 15) is 0 Å². The third-order valence-corrected chi connectivity index (χ3v) is 3.18.